The second-order valence-corrected chi connectivity index (χ2v) is 9.39. The Hall–Kier alpha value is -1.50. The number of sulfone groups is 1. The topological polar surface area (TPSA) is 83.5 Å². The molecule has 1 aliphatic rings. The summed E-state index contributed by atoms with van der Waals surface area (Å²) in [6, 6.07) is 4.79. The number of rotatable bonds is 4. The highest BCUT2D eigenvalue weighted by Crippen LogP contribution is 2.45. The summed E-state index contributed by atoms with van der Waals surface area (Å²) in [6.07, 6.45) is 0. The standard InChI is InChI=1S/C17H19Cl2NO4S/c1-8(2)25(23,24)16-10(4)20-9(3)13(17(21)22)14(16)11-6-5-7-12(18)15(11)19/h5-8,14,20H,1-4H3,(H,21,22). The van der Waals surface area contributed by atoms with Gasteiger partial charge in [0.05, 0.1) is 31.7 Å². The van der Waals surface area contributed by atoms with Gasteiger partial charge in [0.2, 0.25) is 0 Å². The number of halogens is 2. The first-order chi connectivity index (χ1) is 11.5. The van der Waals surface area contributed by atoms with E-state index >= 15 is 0 Å². The number of hydrogen-bond acceptors (Lipinski definition) is 4. The van der Waals surface area contributed by atoms with Gasteiger partial charge in [-0.15, -0.1) is 0 Å². The van der Waals surface area contributed by atoms with Gasteiger partial charge >= 0.3 is 5.97 Å². The van der Waals surface area contributed by atoms with E-state index in [1.54, 1.807) is 45.9 Å². The van der Waals surface area contributed by atoms with Crippen LogP contribution in [0.25, 0.3) is 0 Å². The summed E-state index contributed by atoms with van der Waals surface area (Å²) in [5.41, 5.74) is 1.05. The maximum Gasteiger partial charge on any atom is 0.334 e. The Morgan fingerprint density at radius 1 is 1.20 bits per heavy atom. The summed E-state index contributed by atoms with van der Waals surface area (Å²) >= 11 is 12.4. The molecule has 25 heavy (non-hydrogen) atoms. The van der Waals surface area contributed by atoms with Crippen LogP contribution in [0.3, 0.4) is 0 Å². The molecule has 0 amide bonds. The fourth-order valence-electron chi connectivity index (χ4n) is 2.93. The van der Waals surface area contributed by atoms with E-state index in [1.165, 1.54) is 0 Å². The Morgan fingerprint density at radius 3 is 2.32 bits per heavy atom. The molecule has 8 heteroatoms. The Morgan fingerprint density at radius 2 is 1.80 bits per heavy atom. The predicted molar refractivity (Wildman–Crippen MR) is 99.4 cm³/mol. The lowest BCUT2D eigenvalue weighted by Crippen LogP contribution is -2.33. The maximum atomic E-state index is 13.0. The first kappa shape index (κ1) is 19.8. The van der Waals surface area contributed by atoms with Crippen molar-refractivity contribution < 1.29 is 18.3 Å². The number of aliphatic carboxylic acids is 1. The highest BCUT2D eigenvalue weighted by molar-refractivity contribution is 7.95. The van der Waals surface area contributed by atoms with Crippen LogP contribution < -0.4 is 5.32 Å². The lowest BCUT2D eigenvalue weighted by Gasteiger charge is -2.31. The highest BCUT2D eigenvalue weighted by atomic mass is 35.5. The Kier molecular flexibility index (Phi) is 5.56. The molecule has 5 nitrogen and oxygen atoms in total. The van der Waals surface area contributed by atoms with Gasteiger partial charge in [0.15, 0.2) is 9.84 Å². The van der Waals surface area contributed by atoms with Crippen molar-refractivity contribution in [2.24, 2.45) is 0 Å². The first-order valence-electron chi connectivity index (χ1n) is 7.59. The normalized spacial score (nSPS) is 18.6. The second kappa shape index (κ2) is 7.02. The molecule has 2 N–H and O–H groups in total. The van der Waals surface area contributed by atoms with Crippen molar-refractivity contribution in [3.63, 3.8) is 0 Å². The molecule has 1 aromatic carbocycles. The van der Waals surface area contributed by atoms with E-state index in [4.69, 9.17) is 23.2 Å². The van der Waals surface area contributed by atoms with Gasteiger partial charge in [-0.2, -0.15) is 0 Å². The monoisotopic (exact) mass is 403 g/mol. The van der Waals surface area contributed by atoms with E-state index in [-0.39, 0.29) is 20.5 Å². The molecule has 1 unspecified atom stereocenters. The van der Waals surface area contributed by atoms with Crippen molar-refractivity contribution in [1.82, 2.24) is 5.32 Å². The molecule has 2 rings (SSSR count). The minimum atomic E-state index is -3.75. The molecule has 1 aromatic rings. The molecule has 0 fully saturated rings. The minimum absolute atomic E-state index is 0.00895. The third-order valence-corrected chi connectivity index (χ3v) is 7.38. The zero-order valence-corrected chi connectivity index (χ0v) is 16.6. The Bertz CT molecular complexity index is 901. The van der Waals surface area contributed by atoms with Crippen molar-refractivity contribution in [3.8, 4) is 0 Å². The van der Waals surface area contributed by atoms with Gasteiger partial charge in [-0.1, -0.05) is 35.3 Å². The number of nitrogens with one attached hydrogen (secondary N) is 1. The van der Waals surface area contributed by atoms with Crippen LogP contribution in [-0.4, -0.2) is 24.7 Å². The summed E-state index contributed by atoms with van der Waals surface area (Å²) in [4.78, 5) is 11.9. The van der Waals surface area contributed by atoms with E-state index in [0.717, 1.165) is 0 Å². The van der Waals surface area contributed by atoms with E-state index in [0.29, 0.717) is 17.0 Å². The number of carbonyl (C=O) groups is 1. The largest absolute Gasteiger partial charge is 0.478 e. The van der Waals surface area contributed by atoms with Crippen molar-refractivity contribution in [2.45, 2.75) is 38.9 Å². The Balaban J connectivity index is 2.88. The molecule has 0 aliphatic carbocycles. The van der Waals surface area contributed by atoms with Gasteiger partial charge in [0.1, 0.15) is 0 Å². The van der Waals surface area contributed by atoms with E-state index in [2.05, 4.69) is 5.32 Å². The molecule has 1 aliphatic heterocycles. The van der Waals surface area contributed by atoms with Crippen molar-refractivity contribution in [3.05, 3.63) is 55.7 Å². The average molecular weight is 404 g/mol. The SMILES string of the molecule is CC1=C(C(=O)O)C(c2cccc(Cl)c2Cl)C(S(=O)(=O)C(C)C)=C(C)N1. The van der Waals surface area contributed by atoms with Gasteiger partial charge in [-0.3, -0.25) is 0 Å². The number of benzene rings is 1. The molecule has 1 atom stereocenters. The van der Waals surface area contributed by atoms with Gasteiger partial charge in [-0.05, 0) is 39.3 Å². The van der Waals surface area contributed by atoms with Crippen LogP contribution >= 0.6 is 23.2 Å². The molecule has 0 radical (unpaired) electrons. The van der Waals surface area contributed by atoms with Crippen LogP contribution in [0.15, 0.2) is 40.1 Å². The Labute approximate surface area is 157 Å². The smallest absolute Gasteiger partial charge is 0.334 e. The minimum Gasteiger partial charge on any atom is -0.478 e. The molecular weight excluding hydrogens is 385 g/mol. The average Bonchev–Trinajstić information content (AvgIpc) is 2.48. The molecule has 0 saturated carbocycles. The summed E-state index contributed by atoms with van der Waals surface area (Å²) in [5.74, 6) is -2.24. The fourth-order valence-corrected chi connectivity index (χ4v) is 4.91. The van der Waals surface area contributed by atoms with Crippen molar-refractivity contribution in [1.29, 1.82) is 0 Å². The number of carboxylic acid groups (broad SMARTS) is 1. The number of dihydropyridines is 1. The quantitative estimate of drug-likeness (QED) is 0.790. The van der Waals surface area contributed by atoms with Crippen LogP contribution in [-0.2, 0) is 14.6 Å². The zero-order valence-electron chi connectivity index (χ0n) is 14.2. The van der Waals surface area contributed by atoms with Crippen LogP contribution in [0.2, 0.25) is 10.0 Å². The summed E-state index contributed by atoms with van der Waals surface area (Å²) in [7, 11) is -3.75. The van der Waals surface area contributed by atoms with Crippen LogP contribution in [0, 0.1) is 0 Å². The highest BCUT2D eigenvalue weighted by Gasteiger charge is 2.41. The fraction of sp³-hybridized carbons (Fsp3) is 0.353. The molecule has 0 spiro atoms. The van der Waals surface area contributed by atoms with Gasteiger partial charge in [0.25, 0.3) is 0 Å². The molecule has 1 heterocycles. The van der Waals surface area contributed by atoms with Gasteiger partial charge < -0.3 is 10.4 Å². The number of carboxylic acids is 1. The van der Waals surface area contributed by atoms with E-state index in [1.807, 2.05) is 0 Å². The molecule has 0 bridgehead atoms. The lowest BCUT2D eigenvalue weighted by molar-refractivity contribution is -0.133. The summed E-state index contributed by atoms with van der Waals surface area (Å²) < 4.78 is 25.9. The molecular formula is C17H19Cl2NO4S. The summed E-state index contributed by atoms with van der Waals surface area (Å²) in [5, 5.41) is 12.3. The van der Waals surface area contributed by atoms with Crippen LogP contribution in [0.5, 0.6) is 0 Å². The van der Waals surface area contributed by atoms with Crippen molar-refractivity contribution >= 4 is 39.0 Å². The van der Waals surface area contributed by atoms with Gasteiger partial charge in [-0.25, -0.2) is 13.2 Å². The van der Waals surface area contributed by atoms with Crippen LogP contribution in [0.4, 0.5) is 0 Å². The first-order valence-corrected chi connectivity index (χ1v) is 9.90. The van der Waals surface area contributed by atoms with E-state index < -0.39 is 27.0 Å². The second-order valence-electron chi connectivity index (χ2n) is 6.13. The van der Waals surface area contributed by atoms with Gasteiger partial charge in [0, 0.05) is 11.4 Å². The number of allylic oxidation sites excluding steroid dienone is 3. The number of hydrogen-bond donors (Lipinski definition) is 2. The predicted octanol–water partition coefficient (Wildman–Crippen LogP) is 4.09. The molecule has 0 saturated heterocycles. The third-order valence-electron chi connectivity index (χ3n) is 4.15. The van der Waals surface area contributed by atoms with Crippen LogP contribution in [0.1, 0.15) is 39.2 Å². The molecule has 136 valence electrons. The zero-order chi connectivity index (χ0) is 19.1. The van der Waals surface area contributed by atoms with E-state index in [9.17, 15) is 18.3 Å². The van der Waals surface area contributed by atoms with Crippen molar-refractivity contribution in [2.75, 3.05) is 0 Å². The molecule has 0 aromatic heterocycles. The lowest BCUT2D eigenvalue weighted by atomic mass is 9.86. The third kappa shape index (κ3) is 3.43. The maximum absolute atomic E-state index is 13.0. The summed E-state index contributed by atoms with van der Waals surface area (Å²) in [6.45, 7) is 6.32.